The molecule has 0 saturated heterocycles. The number of anilines is 1. The van der Waals surface area contributed by atoms with Crippen LogP contribution in [0.15, 0.2) is 24.3 Å². The molecule has 0 aromatic heterocycles. The maximum atomic E-state index is 11.5. The second kappa shape index (κ2) is 5.86. The number of primary amides is 1. The van der Waals surface area contributed by atoms with E-state index in [0.717, 1.165) is 0 Å². The number of para-hydroxylation sites is 2. The quantitative estimate of drug-likeness (QED) is 0.665. The number of ether oxygens (including phenoxy) is 1. The van der Waals surface area contributed by atoms with E-state index in [2.05, 4.69) is 5.32 Å². The minimum absolute atomic E-state index is 0.416. The lowest BCUT2D eigenvalue weighted by Gasteiger charge is -2.12. The maximum Gasteiger partial charge on any atom is 0.253 e. The standard InChI is InChI=1S/C11H14N2O4/c1-17-9-5-3-2-4-7(9)13-11(16)8(14)6-10(12)15/h2-5,8,14H,6H2,1H3,(H2,12,15)(H,13,16). The average Bonchev–Trinajstić information content (AvgIpc) is 2.28. The Morgan fingerprint density at radius 3 is 2.71 bits per heavy atom. The summed E-state index contributed by atoms with van der Waals surface area (Å²) in [5.41, 5.74) is 5.30. The molecule has 0 aliphatic rings. The first-order chi connectivity index (χ1) is 8.04. The highest BCUT2D eigenvalue weighted by Crippen LogP contribution is 2.23. The summed E-state index contributed by atoms with van der Waals surface area (Å²) in [6.45, 7) is 0. The average molecular weight is 238 g/mol. The Bertz CT molecular complexity index is 420. The highest BCUT2D eigenvalue weighted by atomic mass is 16.5. The lowest BCUT2D eigenvalue weighted by atomic mass is 10.2. The minimum atomic E-state index is -1.46. The van der Waals surface area contributed by atoms with Crippen molar-refractivity contribution in [2.24, 2.45) is 5.73 Å². The molecule has 0 radical (unpaired) electrons. The number of methoxy groups -OCH3 is 1. The molecule has 0 aliphatic heterocycles. The van der Waals surface area contributed by atoms with Crippen LogP contribution in [-0.4, -0.2) is 30.1 Å². The molecule has 0 saturated carbocycles. The van der Waals surface area contributed by atoms with E-state index in [0.29, 0.717) is 11.4 Å². The van der Waals surface area contributed by atoms with Crippen LogP contribution in [0, 0.1) is 0 Å². The van der Waals surface area contributed by atoms with E-state index in [-0.39, 0.29) is 0 Å². The molecule has 6 nitrogen and oxygen atoms in total. The second-order valence-corrected chi connectivity index (χ2v) is 3.38. The fourth-order valence-electron chi connectivity index (χ4n) is 1.25. The number of aliphatic hydroxyl groups is 1. The predicted molar refractivity (Wildman–Crippen MR) is 61.4 cm³/mol. The van der Waals surface area contributed by atoms with Crippen LogP contribution >= 0.6 is 0 Å². The van der Waals surface area contributed by atoms with Gasteiger partial charge in [-0.15, -0.1) is 0 Å². The number of nitrogens with two attached hydrogens (primary N) is 1. The SMILES string of the molecule is COc1ccccc1NC(=O)C(O)CC(N)=O. The van der Waals surface area contributed by atoms with Crippen LogP contribution < -0.4 is 15.8 Å². The summed E-state index contributed by atoms with van der Waals surface area (Å²) in [5.74, 6) is -0.979. The Balaban J connectivity index is 2.70. The van der Waals surface area contributed by atoms with Crippen LogP contribution in [0.25, 0.3) is 0 Å². The first kappa shape index (κ1) is 13.0. The number of hydrogen-bond acceptors (Lipinski definition) is 4. The van der Waals surface area contributed by atoms with Gasteiger partial charge in [0.1, 0.15) is 11.9 Å². The van der Waals surface area contributed by atoms with Gasteiger partial charge in [0.05, 0.1) is 19.2 Å². The molecule has 2 amide bonds. The van der Waals surface area contributed by atoms with Crippen molar-refractivity contribution >= 4 is 17.5 Å². The van der Waals surface area contributed by atoms with Crippen LogP contribution in [0.1, 0.15) is 6.42 Å². The first-order valence-corrected chi connectivity index (χ1v) is 4.95. The van der Waals surface area contributed by atoms with Crippen LogP contribution in [0.4, 0.5) is 5.69 Å². The summed E-state index contributed by atoms with van der Waals surface area (Å²) in [4.78, 5) is 22.0. The first-order valence-electron chi connectivity index (χ1n) is 4.95. The number of aliphatic hydroxyl groups excluding tert-OH is 1. The van der Waals surface area contributed by atoms with Gasteiger partial charge in [-0.05, 0) is 12.1 Å². The molecule has 1 aromatic carbocycles. The van der Waals surface area contributed by atoms with Crippen molar-refractivity contribution in [1.82, 2.24) is 0 Å². The third kappa shape index (κ3) is 3.76. The Morgan fingerprint density at radius 1 is 1.47 bits per heavy atom. The molecule has 1 unspecified atom stereocenters. The zero-order chi connectivity index (χ0) is 12.8. The molecule has 92 valence electrons. The number of benzene rings is 1. The zero-order valence-corrected chi connectivity index (χ0v) is 9.34. The van der Waals surface area contributed by atoms with Gasteiger partial charge in [-0.3, -0.25) is 9.59 Å². The number of carbonyl (C=O) groups is 2. The van der Waals surface area contributed by atoms with Crippen molar-refractivity contribution in [1.29, 1.82) is 0 Å². The third-order valence-corrected chi connectivity index (χ3v) is 2.06. The minimum Gasteiger partial charge on any atom is -0.495 e. The molecular weight excluding hydrogens is 224 g/mol. The number of amides is 2. The van der Waals surface area contributed by atoms with E-state index < -0.39 is 24.3 Å². The lowest BCUT2D eigenvalue weighted by Crippen LogP contribution is -2.32. The van der Waals surface area contributed by atoms with Gasteiger partial charge in [-0.1, -0.05) is 12.1 Å². The summed E-state index contributed by atoms with van der Waals surface area (Å²) in [7, 11) is 1.46. The summed E-state index contributed by atoms with van der Waals surface area (Å²) >= 11 is 0. The lowest BCUT2D eigenvalue weighted by molar-refractivity contribution is -0.129. The van der Waals surface area contributed by atoms with Crippen molar-refractivity contribution in [3.8, 4) is 5.75 Å². The van der Waals surface area contributed by atoms with Gasteiger partial charge in [-0.2, -0.15) is 0 Å². The Morgan fingerprint density at radius 2 is 2.12 bits per heavy atom. The third-order valence-electron chi connectivity index (χ3n) is 2.06. The highest BCUT2D eigenvalue weighted by Gasteiger charge is 2.18. The van der Waals surface area contributed by atoms with Gasteiger partial charge in [0.2, 0.25) is 5.91 Å². The molecule has 0 aliphatic carbocycles. The van der Waals surface area contributed by atoms with E-state index in [1.165, 1.54) is 7.11 Å². The zero-order valence-electron chi connectivity index (χ0n) is 9.34. The van der Waals surface area contributed by atoms with E-state index in [1.807, 2.05) is 0 Å². The molecule has 0 heterocycles. The largest absolute Gasteiger partial charge is 0.495 e. The van der Waals surface area contributed by atoms with Crippen molar-refractivity contribution in [3.05, 3.63) is 24.3 Å². The fourth-order valence-corrected chi connectivity index (χ4v) is 1.25. The van der Waals surface area contributed by atoms with Crippen LogP contribution in [0.3, 0.4) is 0 Å². The van der Waals surface area contributed by atoms with Crippen LogP contribution in [0.2, 0.25) is 0 Å². The van der Waals surface area contributed by atoms with E-state index in [1.54, 1.807) is 24.3 Å². The smallest absolute Gasteiger partial charge is 0.253 e. The molecule has 0 spiro atoms. The van der Waals surface area contributed by atoms with E-state index in [4.69, 9.17) is 10.5 Å². The number of nitrogens with one attached hydrogen (secondary N) is 1. The number of carbonyl (C=O) groups excluding carboxylic acids is 2. The molecule has 0 bridgehead atoms. The fraction of sp³-hybridized carbons (Fsp3) is 0.273. The summed E-state index contributed by atoms with van der Waals surface area (Å²) in [6, 6.07) is 6.73. The highest BCUT2D eigenvalue weighted by molar-refractivity contribution is 5.97. The summed E-state index contributed by atoms with van der Waals surface area (Å²) < 4.78 is 5.02. The molecule has 1 rings (SSSR count). The van der Waals surface area contributed by atoms with E-state index in [9.17, 15) is 14.7 Å². The van der Waals surface area contributed by atoms with Crippen LogP contribution in [0.5, 0.6) is 5.75 Å². The van der Waals surface area contributed by atoms with Crippen molar-refractivity contribution in [3.63, 3.8) is 0 Å². The van der Waals surface area contributed by atoms with Gasteiger partial charge in [0.25, 0.3) is 5.91 Å². The summed E-state index contributed by atoms with van der Waals surface area (Å²) in [6.07, 6.45) is -1.88. The van der Waals surface area contributed by atoms with Crippen molar-refractivity contribution in [2.45, 2.75) is 12.5 Å². The molecular formula is C11H14N2O4. The van der Waals surface area contributed by atoms with Crippen molar-refractivity contribution in [2.75, 3.05) is 12.4 Å². The molecule has 1 aromatic rings. The van der Waals surface area contributed by atoms with Gasteiger partial charge >= 0.3 is 0 Å². The van der Waals surface area contributed by atoms with Gasteiger partial charge in [-0.25, -0.2) is 0 Å². The summed E-state index contributed by atoms with van der Waals surface area (Å²) in [5, 5.41) is 11.8. The molecule has 0 fully saturated rings. The molecule has 17 heavy (non-hydrogen) atoms. The number of rotatable bonds is 5. The predicted octanol–water partition coefficient (Wildman–Crippen LogP) is -0.130. The normalized spacial score (nSPS) is 11.6. The monoisotopic (exact) mass is 238 g/mol. The molecule has 1 atom stereocenters. The van der Waals surface area contributed by atoms with Gasteiger partial charge in [0.15, 0.2) is 0 Å². The molecule has 6 heteroatoms. The molecule has 4 N–H and O–H groups in total. The number of hydrogen-bond donors (Lipinski definition) is 3. The van der Waals surface area contributed by atoms with E-state index >= 15 is 0 Å². The van der Waals surface area contributed by atoms with Crippen molar-refractivity contribution < 1.29 is 19.4 Å². The van der Waals surface area contributed by atoms with Gasteiger partial charge < -0.3 is 20.9 Å². The Hall–Kier alpha value is -2.08. The second-order valence-electron chi connectivity index (χ2n) is 3.38. The Labute approximate surface area is 98.4 Å². The Kier molecular flexibility index (Phi) is 4.47. The topological polar surface area (TPSA) is 102 Å². The maximum absolute atomic E-state index is 11.5. The van der Waals surface area contributed by atoms with Crippen LogP contribution in [-0.2, 0) is 9.59 Å². The van der Waals surface area contributed by atoms with Gasteiger partial charge in [0, 0.05) is 0 Å².